The largest absolute Gasteiger partial charge is 0.268 e. The van der Waals surface area contributed by atoms with Crippen LogP contribution < -0.4 is 0 Å². The molecule has 0 amide bonds. The van der Waals surface area contributed by atoms with Gasteiger partial charge in [-0.2, -0.15) is 0 Å². The minimum atomic E-state index is -3.72. The Bertz CT molecular complexity index is 1070. The Hall–Kier alpha value is -1.77. The lowest BCUT2D eigenvalue weighted by Crippen LogP contribution is -2.11. The van der Waals surface area contributed by atoms with Crippen molar-refractivity contribution < 1.29 is 16.8 Å². The van der Waals surface area contributed by atoms with E-state index in [4.69, 9.17) is 0 Å². The number of nitrogens with zero attached hydrogens (tertiary/aromatic N) is 1. The molecule has 1 aromatic heterocycles. The van der Waals surface area contributed by atoms with Crippen LogP contribution in [0.4, 0.5) is 0 Å². The maximum Gasteiger partial charge on any atom is 0.268 e. The molecule has 5 nitrogen and oxygen atoms in total. The van der Waals surface area contributed by atoms with Crippen molar-refractivity contribution >= 4 is 40.6 Å². The summed E-state index contributed by atoms with van der Waals surface area (Å²) in [5.74, 6) is 0. The lowest BCUT2D eigenvalue weighted by Gasteiger charge is -2.08. The molecule has 0 saturated heterocycles. The van der Waals surface area contributed by atoms with Crippen LogP contribution in [-0.4, -0.2) is 27.1 Å². The molecule has 3 aromatic rings. The van der Waals surface area contributed by atoms with E-state index >= 15 is 0 Å². The van der Waals surface area contributed by atoms with Gasteiger partial charge in [0.1, 0.15) is 0 Å². The zero-order valence-electron chi connectivity index (χ0n) is 12.1. The second-order valence-electron chi connectivity index (χ2n) is 4.91. The highest BCUT2D eigenvalue weighted by molar-refractivity contribution is 8.71. The van der Waals surface area contributed by atoms with Crippen LogP contribution in [0.15, 0.2) is 70.6 Å². The van der Waals surface area contributed by atoms with Crippen molar-refractivity contribution in [1.82, 2.24) is 3.97 Å². The maximum atomic E-state index is 12.7. The molecule has 0 spiro atoms. The summed E-state index contributed by atoms with van der Waals surface area (Å²) >= 11 is 0. The zero-order chi connectivity index (χ0) is 16.7. The van der Waals surface area contributed by atoms with E-state index < -0.39 is 18.9 Å². The summed E-state index contributed by atoms with van der Waals surface area (Å²) < 4.78 is 49.7. The molecule has 3 rings (SSSR count). The fourth-order valence-corrected chi connectivity index (χ4v) is 5.77. The number of aromatic nitrogens is 1. The molecule has 23 heavy (non-hydrogen) atoms. The van der Waals surface area contributed by atoms with Crippen LogP contribution in [-0.2, 0) is 18.9 Å². The van der Waals surface area contributed by atoms with Crippen LogP contribution >= 0.6 is 10.8 Å². The van der Waals surface area contributed by atoms with Gasteiger partial charge in [0.2, 0.25) is 8.87 Å². The van der Waals surface area contributed by atoms with Crippen LogP contribution in [0.3, 0.4) is 0 Å². The van der Waals surface area contributed by atoms with E-state index in [0.717, 1.165) is 6.26 Å². The van der Waals surface area contributed by atoms with Gasteiger partial charge in [-0.25, -0.2) is 20.8 Å². The van der Waals surface area contributed by atoms with Gasteiger partial charge in [0.15, 0.2) is 0 Å². The third kappa shape index (κ3) is 3.15. The van der Waals surface area contributed by atoms with Crippen LogP contribution in [0.2, 0.25) is 0 Å². The standard InChI is InChI=1S/C15H13NO4S3/c1-22(17,18)21-15-9-5-8-14-13(15)10-11-16(14)23(19,20)12-6-3-2-4-7-12/h2-11H,1H3. The number of hydrogen-bond acceptors (Lipinski definition) is 5. The SMILES string of the molecule is CS(=O)(=O)Sc1cccc2c1ccn2S(=O)(=O)c1ccccc1. The molecule has 1 heterocycles. The van der Waals surface area contributed by atoms with E-state index in [1.54, 1.807) is 42.5 Å². The van der Waals surface area contributed by atoms with Gasteiger partial charge in [0.25, 0.3) is 10.0 Å². The Morgan fingerprint density at radius 2 is 1.57 bits per heavy atom. The molecule has 0 bridgehead atoms. The number of benzene rings is 2. The molecule has 2 aromatic carbocycles. The summed E-state index contributed by atoms with van der Waals surface area (Å²) in [6.07, 6.45) is 2.56. The van der Waals surface area contributed by atoms with Gasteiger partial charge in [-0.3, -0.25) is 0 Å². The van der Waals surface area contributed by atoms with Gasteiger partial charge in [0.05, 0.1) is 10.4 Å². The monoisotopic (exact) mass is 367 g/mol. The van der Waals surface area contributed by atoms with E-state index in [1.165, 1.54) is 22.3 Å². The molecule has 0 fully saturated rings. The van der Waals surface area contributed by atoms with Crippen LogP contribution in [0.5, 0.6) is 0 Å². The molecule has 0 N–H and O–H groups in total. The van der Waals surface area contributed by atoms with Crippen molar-refractivity contribution in [1.29, 1.82) is 0 Å². The van der Waals surface area contributed by atoms with Gasteiger partial charge in [-0.15, -0.1) is 0 Å². The molecule has 0 saturated carbocycles. The Balaban J connectivity index is 2.20. The molecule has 0 aliphatic carbocycles. The maximum absolute atomic E-state index is 12.7. The summed E-state index contributed by atoms with van der Waals surface area (Å²) in [5, 5.41) is 0.586. The highest BCUT2D eigenvalue weighted by Gasteiger charge is 2.20. The lowest BCUT2D eigenvalue weighted by molar-refractivity contribution is 0.589. The summed E-state index contributed by atoms with van der Waals surface area (Å²) in [5.41, 5.74) is 0.447. The van der Waals surface area contributed by atoms with Gasteiger partial charge < -0.3 is 0 Å². The van der Waals surface area contributed by atoms with Crippen molar-refractivity contribution in [2.75, 3.05) is 6.26 Å². The van der Waals surface area contributed by atoms with E-state index in [-0.39, 0.29) is 4.90 Å². The average molecular weight is 367 g/mol. The Morgan fingerprint density at radius 1 is 0.870 bits per heavy atom. The van der Waals surface area contributed by atoms with Crippen molar-refractivity contribution in [3.63, 3.8) is 0 Å². The van der Waals surface area contributed by atoms with Crippen LogP contribution in [0, 0.1) is 0 Å². The second-order valence-corrected chi connectivity index (χ2v) is 11.1. The smallest absolute Gasteiger partial charge is 0.241 e. The predicted molar refractivity (Wildman–Crippen MR) is 91.7 cm³/mol. The minimum Gasteiger partial charge on any atom is -0.241 e. The van der Waals surface area contributed by atoms with Crippen LogP contribution in [0.1, 0.15) is 0 Å². The Kier molecular flexibility index (Phi) is 3.99. The highest BCUT2D eigenvalue weighted by atomic mass is 33.1. The van der Waals surface area contributed by atoms with Crippen molar-refractivity contribution in [3.05, 3.63) is 60.8 Å². The fraction of sp³-hybridized carbons (Fsp3) is 0.0667. The first-order chi connectivity index (χ1) is 10.8. The average Bonchev–Trinajstić information content (AvgIpc) is 2.92. The quantitative estimate of drug-likeness (QED) is 0.663. The van der Waals surface area contributed by atoms with E-state index in [2.05, 4.69) is 0 Å². The minimum absolute atomic E-state index is 0.179. The number of fused-ring (bicyclic) bond motifs is 1. The summed E-state index contributed by atoms with van der Waals surface area (Å²) in [7, 11) is -6.30. The molecule has 120 valence electrons. The molecule has 0 atom stereocenters. The molecule has 0 radical (unpaired) electrons. The van der Waals surface area contributed by atoms with Crippen molar-refractivity contribution in [3.8, 4) is 0 Å². The zero-order valence-corrected chi connectivity index (χ0v) is 14.5. The summed E-state index contributed by atoms with van der Waals surface area (Å²) in [6, 6.07) is 14.7. The molecular formula is C15H13NO4S3. The van der Waals surface area contributed by atoms with E-state index in [0.29, 0.717) is 26.6 Å². The predicted octanol–water partition coefficient (Wildman–Crippen LogP) is 2.93. The first-order valence-electron chi connectivity index (χ1n) is 6.59. The summed E-state index contributed by atoms with van der Waals surface area (Å²) in [4.78, 5) is 0.686. The first-order valence-corrected chi connectivity index (χ1v) is 11.3. The molecule has 0 unspecified atom stereocenters. The molecular weight excluding hydrogens is 354 g/mol. The number of rotatable bonds is 4. The van der Waals surface area contributed by atoms with E-state index in [9.17, 15) is 16.8 Å². The van der Waals surface area contributed by atoms with Crippen molar-refractivity contribution in [2.24, 2.45) is 0 Å². The van der Waals surface area contributed by atoms with Crippen molar-refractivity contribution in [2.45, 2.75) is 9.79 Å². The first kappa shape index (κ1) is 16.1. The highest BCUT2D eigenvalue weighted by Crippen LogP contribution is 2.33. The van der Waals surface area contributed by atoms with Gasteiger partial charge in [0, 0.05) is 33.5 Å². The molecule has 0 aliphatic rings. The Labute approximate surface area is 138 Å². The topological polar surface area (TPSA) is 73.2 Å². The lowest BCUT2D eigenvalue weighted by atomic mass is 10.2. The number of hydrogen-bond donors (Lipinski definition) is 0. The Morgan fingerprint density at radius 3 is 2.22 bits per heavy atom. The van der Waals surface area contributed by atoms with Crippen LogP contribution in [0.25, 0.3) is 10.9 Å². The normalized spacial score (nSPS) is 12.6. The third-order valence-corrected chi connectivity index (χ3v) is 7.19. The summed E-state index contributed by atoms with van der Waals surface area (Å²) in [6.45, 7) is 0. The third-order valence-electron chi connectivity index (χ3n) is 3.20. The van der Waals surface area contributed by atoms with Gasteiger partial charge in [-0.05, 0) is 30.3 Å². The molecule has 8 heteroatoms. The second kappa shape index (κ2) is 5.70. The van der Waals surface area contributed by atoms with E-state index in [1.807, 2.05) is 0 Å². The fourth-order valence-electron chi connectivity index (χ4n) is 2.27. The van der Waals surface area contributed by atoms with Gasteiger partial charge in [-0.1, -0.05) is 24.3 Å². The molecule has 0 aliphatic heterocycles. The van der Waals surface area contributed by atoms with Gasteiger partial charge >= 0.3 is 0 Å².